The van der Waals surface area contributed by atoms with Crippen LogP contribution in [-0.4, -0.2) is 168 Å². The number of hydrogen-bond donors (Lipinski definition) is 11. The molecule has 2 saturated heterocycles. The number of carbonyl (C=O) groups excluding carboxylic acids is 1. The van der Waals surface area contributed by atoms with Crippen LogP contribution in [-0.2, 0) is 23.7 Å². The second-order valence-electron chi connectivity index (χ2n) is 8.11. The van der Waals surface area contributed by atoms with Crippen molar-refractivity contribution in [2.75, 3.05) is 19.8 Å². The molecule has 0 aromatic carbocycles. The van der Waals surface area contributed by atoms with Gasteiger partial charge in [0.1, 0.15) is 73.2 Å². The molecule has 2 fully saturated rings. The second-order valence-corrected chi connectivity index (χ2v) is 8.11. The minimum absolute atomic E-state index is 0. The first kappa shape index (κ1) is 34.5. The van der Waals surface area contributed by atoms with Gasteiger partial charge in [-0.3, -0.25) is 0 Å². The average Bonchev–Trinajstić information content (AvgIpc) is 2.84. The van der Waals surface area contributed by atoms with Crippen LogP contribution in [0.3, 0.4) is 0 Å². The van der Waals surface area contributed by atoms with Crippen molar-refractivity contribution < 1.29 is 136 Å². The molecule has 0 bridgehead atoms. The molecule has 2 aliphatic rings. The molecule has 0 radical (unpaired) electrons. The fraction of sp³-hybridized carbons (Fsp3) is 0.944. The summed E-state index contributed by atoms with van der Waals surface area (Å²) in [6, 6.07) is 0. The third-order valence-electron chi connectivity index (χ3n) is 5.72. The number of hydrogen-bond acceptors (Lipinski definition) is 17. The van der Waals surface area contributed by atoms with E-state index in [-0.39, 0.29) is 51.4 Å². The predicted molar refractivity (Wildman–Crippen MR) is 101 cm³/mol. The van der Waals surface area contributed by atoms with Crippen molar-refractivity contribution in [2.45, 2.75) is 85.8 Å². The summed E-state index contributed by atoms with van der Waals surface area (Å²) in [4.78, 5) is 11.9. The number of aliphatic carboxylic acids is 1. The third-order valence-corrected chi connectivity index (χ3v) is 5.72. The fourth-order valence-electron chi connectivity index (χ4n) is 3.58. The minimum atomic E-state index is -2.51. The van der Waals surface area contributed by atoms with Crippen molar-refractivity contribution in [3.8, 4) is 0 Å². The van der Waals surface area contributed by atoms with Crippen molar-refractivity contribution >= 4 is 5.97 Å². The molecule has 2 rings (SSSR count). The summed E-state index contributed by atoms with van der Waals surface area (Å²) < 4.78 is 20.4. The topological polar surface area (TPSA) is 300 Å². The monoisotopic (exact) mass is 558 g/mol. The summed E-state index contributed by atoms with van der Waals surface area (Å²) in [7, 11) is 0. The number of carboxylic acids is 1. The van der Waals surface area contributed by atoms with Crippen LogP contribution >= 0.6 is 0 Å². The van der Waals surface area contributed by atoms with Crippen molar-refractivity contribution in [3.63, 3.8) is 0 Å². The first-order valence-corrected chi connectivity index (χ1v) is 10.5. The first-order chi connectivity index (χ1) is 16.4. The number of carboxylic acid groups (broad SMARTS) is 1. The summed E-state index contributed by atoms with van der Waals surface area (Å²) in [5.74, 6) is -2.17. The van der Waals surface area contributed by atoms with Crippen LogP contribution in [0.25, 0.3) is 0 Å². The molecule has 2 heterocycles. The van der Waals surface area contributed by atoms with Gasteiger partial charge in [-0.05, 0) is 0 Å². The molecule has 36 heavy (non-hydrogen) atoms. The number of aliphatic hydroxyl groups excluding tert-OH is 11. The summed E-state index contributed by atoms with van der Waals surface area (Å²) in [5.41, 5.74) is 0. The van der Waals surface area contributed by atoms with Crippen LogP contribution < -0.4 is 56.5 Å². The second kappa shape index (κ2) is 15.3. The van der Waals surface area contributed by atoms with Gasteiger partial charge in [-0.25, -0.2) is 0 Å². The molecule has 0 saturated carbocycles. The Labute approximate surface area is 246 Å². The van der Waals surface area contributed by atoms with E-state index in [9.17, 15) is 66.1 Å². The van der Waals surface area contributed by atoms with Crippen LogP contribution in [0.2, 0.25) is 0 Å². The van der Waals surface area contributed by atoms with Gasteiger partial charge in [-0.2, -0.15) is 0 Å². The summed E-state index contributed by atoms with van der Waals surface area (Å²) in [5, 5.41) is 120. The molecule has 2 aliphatic heterocycles. The molecule has 14 unspecified atom stereocenters. The summed E-state index contributed by atoms with van der Waals surface area (Å²) >= 11 is 0. The van der Waals surface area contributed by atoms with E-state index in [1.807, 2.05) is 0 Å². The molecule has 14 atom stereocenters. The number of aliphatic hydroxyl groups is 11. The Kier molecular flexibility index (Phi) is 14.7. The zero-order valence-electron chi connectivity index (χ0n) is 19.1. The number of carbonyl (C=O) groups is 1. The van der Waals surface area contributed by atoms with E-state index in [2.05, 4.69) is 0 Å². The molecule has 0 aromatic heterocycles. The van der Waals surface area contributed by atoms with Crippen LogP contribution in [0.1, 0.15) is 0 Å². The Morgan fingerprint density at radius 1 is 0.750 bits per heavy atom. The van der Waals surface area contributed by atoms with Gasteiger partial charge in [-0.15, -0.1) is 0 Å². The van der Waals surface area contributed by atoms with E-state index in [1.165, 1.54) is 0 Å². The Morgan fingerprint density at radius 3 is 1.53 bits per heavy atom. The molecule has 0 spiro atoms. The van der Waals surface area contributed by atoms with Gasteiger partial charge in [0.05, 0.1) is 25.8 Å². The predicted octanol–water partition coefficient (Wildman–Crippen LogP) is -12.2. The summed E-state index contributed by atoms with van der Waals surface area (Å²) in [6.07, 6.45) is -28.1. The Balaban J connectivity index is 0.00000648. The van der Waals surface area contributed by atoms with Crippen molar-refractivity contribution in [3.05, 3.63) is 0 Å². The number of ether oxygens (including phenoxy) is 4. The van der Waals surface area contributed by atoms with Crippen LogP contribution in [0.4, 0.5) is 0 Å². The van der Waals surface area contributed by atoms with E-state index in [4.69, 9.17) is 18.9 Å². The quantitative estimate of drug-likeness (QED) is 0.105. The molecule has 17 nitrogen and oxygen atoms in total. The maximum atomic E-state index is 11.9. The summed E-state index contributed by atoms with van der Waals surface area (Å²) in [6.45, 7) is -2.91. The normalized spacial score (nSPS) is 40.5. The van der Waals surface area contributed by atoms with Crippen molar-refractivity contribution in [1.82, 2.24) is 0 Å². The van der Waals surface area contributed by atoms with Gasteiger partial charge in [0.25, 0.3) is 0 Å². The van der Waals surface area contributed by atoms with Gasteiger partial charge in [0.15, 0.2) is 12.6 Å². The maximum absolute atomic E-state index is 11.9. The van der Waals surface area contributed by atoms with E-state index in [0.717, 1.165) is 0 Å². The third kappa shape index (κ3) is 7.79. The van der Waals surface area contributed by atoms with Crippen LogP contribution in [0.15, 0.2) is 0 Å². The number of rotatable bonds is 11. The van der Waals surface area contributed by atoms with E-state index >= 15 is 0 Å². The Morgan fingerprint density at radius 2 is 1.17 bits per heavy atom. The molecule has 0 aliphatic carbocycles. The van der Waals surface area contributed by atoms with E-state index < -0.39 is 112 Å². The van der Waals surface area contributed by atoms with Crippen LogP contribution in [0, 0.1) is 0 Å². The van der Waals surface area contributed by atoms with Crippen LogP contribution in [0.5, 0.6) is 0 Å². The SMILES string of the molecule is O=C([O-])C(OC1OC(CO)C(O)C(O)C1O)C(OC1OC(CO)C(O)C(O)C1O)C(O)C(O)CO.[K+]. The van der Waals surface area contributed by atoms with Crippen molar-refractivity contribution in [1.29, 1.82) is 0 Å². The average molecular weight is 559 g/mol. The smallest absolute Gasteiger partial charge is 0.547 e. The molecule has 11 N–H and O–H groups in total. The molecule has 18 heteroatoms. The molecular formula is C18H31KO17. The molecule has 206 valence electrons. The molecule has 0 aromatic rings. The van der Waals surface area contributed by atoms with E-state index in [0.29, 0.717) is 0 Å². The Bertz CT molecular complexity index is 670. The van der Waals surface area contributed by atoms with Gasteiger partial charge in [0, 0.05) is 0 Å². The fourth-order valence-corrected chi connectivity index (χ4v) is 3.58. The zero-order chi connectivity index (χ0) is 26.6. The Hall–Kier alpha value is 0.506. The van der Waals surface area contributed by atoms with Gasteiger partial charge in [-0.1, -0.05) is 0 Å². The standard InChI is InChI=1S/C18H32O17.K/c19-1-4(22)7(23)14(34-17-12(28)10(26)8(24)5(2-20)32-17)15(16(30)31)35-18-13(29)11(27)9(25)6(3-21)33-18;/h4-15,17-29H,1-3H2,(H,30,31);/q;+1/p-1. The first-order valence-electron chi connectivity index (χ1n) is 10.5. The van der Waals surface area contributed by atoms with Gasteiger partial charge in [0.2, 0.25) is 0 Å². The zero-order valence-corrected chi connectivity index (χ0v) is 22.2. The van der Waals surface area contributed by atoms with E-state index in [1.54, 1.807) is 0 Å². The van der Waals surface area contributed by atoms with Gasteiger partial charge < -0.3 is 85.0 Å². The molecule has 0 amide bonds. The maximum Gasteiger partial charge on any atom is 1.00 e. The molecular weight excluding hydrogens is 527 g/mol. The van der Waals surface area contributed by atoms with Gasteiger partial charge >= 0.3 is 51.4 Å². The van der Waals surface area contributed by atoms with Crippen molar-refractivity contribution in [2.24, 2.45) is 0 Å². The minimum Gasteiger partial charge on any atom is -0.547 e. The largest absolute Gasteiger partial charge is 1.00 e.